The Morgan fingerprint density at radius 3 is 2.56 bits per heavy atom. The molecule has 0 spiro atoms. The third kappa shape index (κ3) is 2.28. The predicted molar refractivity (Wildman–Crippen MR) is 67.4 cm³/mol. The first-order valence-corrected chi connectivity index (χ1v) is 7.24. The van der Waals surface area contributed by atoms with Gasteiger partial charge in [0.15, 0.2) is 0 Å². The van der Waals surface area contributed by atoms with Gasteiger partial charge in [0.1, 0.15) is 0 Å². The van der Waals surface area contributed by atoms with E-state index >= 15 is 0 Å². The molecule has 2 saturated heterocycles. The van der Waals surface area contributed by atoms with Crippen LogP contribution in [0.1, 0.15) is 32.6 Å². The van der Waals surface area contributed by atoms with Gasteiger partial charge in [0.2, 0.25) is 0 Å². The Morgan fingerprint density at radius 2 is 1.88 bits per heavy atom. The van der Waals surface area contributed by atoms with Crippen LogP contribution >= 0.6 is 0 Å². The molecule has 0 aromatic heterocycles. The Bertz CT molecular complexity index is 229. The van der Waals surface area contributed by atoms with E-state index < -0.39 is 0 Å². The maximum atomic E-state index is 3.53. The molecule has 1 aliphatic carbocycles. The molecule has 4 atom stereocenters. The van der Waals surface area contributed by atoms with Gasteiger partial charge >= 0.3 is 0 Å². The highest BCUT2D eigenvalue weighted by atomic mass is 15.2. The van der Waals surface area contributed by atoms with Gasteiger partial charge in [-0.3, -0.25) is 0 Å². The van der Waals surface area contributed by atoms with Crippen molar-refractivity contribution in [2.24, 2.45) is 23.7 Å². The van der Waals surface area contributed by atoms with Crippen LogP contribution in [0.5, 0.6) is 0 Å². The minimum absolute atomic E-state index is 0.973. The minimum atomic E-state index is 0.973. The zero-order valence-electron chi connectivity index (χ0n) is 10.6. The lowest BCUT2D eigenvalue weighted by atomic mass is 9.82. The van der Waals surface area contributed by atoms with Gasteiger partial charge in [-0.2, -0.15) is 0 Å². The van der Waals surface area contributed by atoms with Crippen LogP contribution in [-0.4, -0.2) is 37.6 Å². The first-order valence-electron chi connectivity index (χ1n) is 7.24. The molecule has 2 unspecified atom stereocenters. The van der Waals surface area contributed by atoms with Crippen LogP contribution in [0, 0.1) is 23.7 Å². The summed E-state index contributed by atoms with van der Waals surface area (Å²) >= 11 is 0. The molecule has 0 aromatic carbocycles. The van der Waals surface area contributed by atoms with E-state index in [1.54, 1.807) is 0 Å². The Morgan fingerprint density at radius 1 is 1.12 bits per heavy atom. The Balaban J connectivity index is 1.48. The molecule has 0 amide bonds. The average Bonchev–Trinajstić information content (AvgIpc) is 2.77. The van der Waals surface area contributed by atoms with Crippen molar-refractivity contribution in [1.82, 2.24) is 10.2 Å². The molecule has 3 fully saturated rings. The molecule has 2 aliphatic heterocycles. The van der Waals surface area contributed by atoms with E-state index in [-0.39, 0.29) is 0 Å². The first-order chi connectivity index (χ1) is 7.81. The molecule has 2 heterocycles. The van der Waals surface area contributed by atoms with Gasteiger partial charge in [0.25, 0.3) is 0 Å². The highest BCUT2D eigenvalue weighted by Gasteiger charge is 2.36. The fourth-order valence-corrected chi connectivity index (χ4v) is 4.19. The van der Waals surface area contributed by atoms with Crippen molar-refractivity contribution >= 4 is 0 Å². The van der Waals surface area contributed by atoms with E-state index in [2.05, 4.69) is 17.1 Å². The van der Waals surface area contributed by atoms with Crippen molar-refractivity contribution < 1.29 is 0 Å². The topological polar surface area (TPSA) is 15.3 Å². The summed E-state index contributed by atoms with van der Waals surface area (Å²) in [4.78, 5) is 2.76. The van der Waals surface area contributed by atoms with Gasteiger partial charge in [-0.25, -0.2) is 0 Å². The van der Waals surface area contributed by atoms with E-state index in [0.717, 1.165) is 23.7 Å². The summed E-state index contributed by atoms with van der Waals surface area (Å²) in [7, 11) is 0. The quantitative estimate of drug-likeness (QED) is 0.768. The Labute approximate surface area is 99.8 Å². The highest BCUT2D eigenvalue weighted by molar-refractivity contribution is 4.91. The van der Waals surface area contributed by atoms with E-state index in [9.17, 15) is 0 Å². The maximum absolute atomic E-state index is 3.53. The van der Waals surface area contributed by atoms with Crippen molar-refractivity contribution in [2.45, 2.75) is 32.6 Å². The smallest absolute Gasteiger partial charge is 0.00257 e. The molecule has 0 bridgehead atoms. The summed E-state index contributed by atoms with van der Waals surface area (Å²) in [6, 6.07) is 0. The van der Waals surface area contributed by atoms with E-state index in [4.69, 9.17) is 0 Å². The molecule has 0 radical (unpaired) electrons. The summed E-state index contributed by atoms with van der Waals surface area (Å²) in [5.74, 6) is 3.94. The van der Waals surface area contributed by atoms with E-state index in [1.807, 2.05) is 0 Å². The fraction of sp³-hybridized carbons (Fsp3) is 1.00. The van der Waals surface area contributed by atoms with E-state index in [1.165, 1.54) is 58.4 Å². The summed E-state index contributed by atoms with van der Waals surface area (Å²) in [5, 5.41) is 3.53. The average molecular weight is 222 g/mol. The largest absolute Gasteiger partial charge is 0.316 e. The molecule has 0 aromatic rings. The monoisotopic (exact) mass is 222 g/mol. The summed E-state index contributed by atoms with van der Waals surface area (Å²) in [6.45, 7) is 9.15. The van der Waals surface area contributed by atoms with E-state index in [0.29, 0.717) is 0 Å². The van der Waals surface area contributed by atoms with Gasteiger partial charge < -0.3 is 10.2 Å². The standard InChI is InChI=1S/C14H26N2/c1-11-3-2-4-12(5-11)8-16-9-13-6-15-7-14(13)10-16/h11-15H,2-10H2,1H3/t11?,12?,13-,14+. The van der Waals surface area contributed by atoms with Crippen LogP contribution in [0.15, 0.2) is 0 Å². The second kappa shape index (κ2) is 4.66. The second-order valence-electron chi connectivity index (χ2n) is 6.53. The molecular weight excluding hydrogens is 196 g/mol. The maximum Gasteiger partial charge on any atom is 0.00257 e. The SMILES string of the molecule is CC1CCCC(CN2C[C@H]3CNC[C@H]3C2)C1. The molecule has 2 nitrogen and oxygen atoms in total. The molecule has 1 saturated carbocycles. The molecule has 3 aliphatic rings. The molecule has 3 rings (SSSR count). The zero-order valence-corrected chi connectivity index (χ0v) is 10.6. The third-order valence-electron chi connectivity index (χ3n) is 5.03. The van der Waals surface area contributed by atoms with Gasteiger partial charge in [-0.05, 0) is 49.6 Å². The lowest BCUT2D eigenvalue weighted by molar-refractivity contribution is 0.196. The predicted octanol–water partition coefficient (Wildman–Crippen LogP) is 1.96. The number of hydrogen-bond acceptors (Lipinski definition) is 2. The van der Waals surface area contributed by atoms with Crippen molar-refractivity contribution in [3.05, 3.63) is 0 Å². The molecule has 16 heavy (non-hydrogen) atoms. The van der Waals surface area contributed by atoms with Crippen molar-refractivity contribution in [2.75, 3.05) is 32.7 Å². The summed E-state index contributed by atoms with van der Waals surface area (Å²) in [6.07, 6.45) is 5.94. The highest BCUT2D eigenvalue weighted by Crippen LogP contribution is 2.32. The normalized spacial score (nSPS) is 44.8. The van der Waals surface area contributed by atoms with Crippen molar-refractivity contribution in [3.63, 3.8) is 0 Å². The first kappa shape index (κ1) is 11.0. The molecule has 2 heteroatoms. The number of hydrogen-bond donors (Lipinski definition) is 1. The number of nitrogens with zero attached hydrogens (tertiary/aromatic N) is 1. The van der Waals surface area contributed by atoms with Crippen LogP contribution in [0.25, 0.3) is 0 Å². The number of likely N-dealkylation sites (tertiary alicyclic amines) is 1. The van der Waals surface area contributed by atoms with Crippen molar-refractivity contribution in [3.8, 4) is 0 Å². The van der Waals surface area contributed by atoms with Gasteiger partial charge in [-0.15, -0.1) is 0 Å². The number of fused-ring (bicyclic) bond motifs is 1. The van der Waals surface area contributed by atoms with Crippen LogP contribution in [0.2, 0.25) is 0 Å². The fourth-order valence-electron chi connectivity index (χ4n) is 4.19. The van der Waals surface area contributed by atoms with Gasteiger partial charge in [0, 0.05) is 19.6 Å². The third-order valence-corrected chi connectivity index (χ3v) is 5.03. The minimum Gasteiger partial charge on any atom is -0.316 e. The summed E-state index contributed by atoms with van der Waals surface area (Å²) < 4.78 is 0. The van der Waals surface area contributed by atoms with Crippen LogP contribution in [0.4, 0.5) is 0 Å². The van der Waals surface area contributed by atoms with Gasteiger partial charge in [-0.1, -0.05) is 19.8 Å². The molecule has 1 N–H and O–H groups in total. The van der Waals surface area contributed by atoms with Crippen LogP contribution in [0.3, 0.4) is 0 Å². The van der Waals surface area contributed by atoms with Crippen LogP contribution in [-0.2, 0) is 0 Å². The zero-order chi connectivity index (χ0) is 11.0. The number of nitrogens with one attached hydrogen (secondary N) is 1. The molecular formula is C14H26N2. The van der Waals surface area contributed by atoms with Crippen molar-refractivity contribution in [1.29, 1.82) is 0 Å². The lowest BCUT2D eigenvalue weighted by Crippen LogP contribution is -2.32. The lowest BCUT2D eigenvalue weighted by Gasteiger charge is -2.30. The van der Waals surface area contributed by atoms with Gasteiger partial charge in [0.05, 0.1) is 0 Å². The molecule has 92 valence electrons. The number of rotatable bonds is 2. The Kier molecular flexibility index (Phi) is 3.21. The summed E-state index contributed by atoms with van der Waals surface area (Å²) in [5.41, 5.74) is 0. The second-order valence-corrected chi connectivity index (χ2v) is 6.53. The Hall–Kier alpha value is -0.0800. The van der Waals surface area contributed by atoms with Crippen LogP contribution < -0.4 is 5.32 Å².